The molecule has 0 radical (unpaired) electrons. The van der Waals surface area contributed by atoms with Crippen LogP contribution in [0.1, 0.15) is 21.5 Å². The quantitative estimate of drug-likeness (QED) is 0.885. The van der Waals surface area contributed by atoms with Gasteiger partial charge in [-0.15, -0.1) is 0 Å². The number of carboxylic acid groups (broad SMARTS) is 1. The number of likely N-dealkylation sites (N-methyl/N-ethyl adjacent to an activating group) is 1. The van der Waals surface area contributed by atoms with Gasteiger partial charge in [-0.05, 0) is 30.2 Å². The number of aryl methyl sites for hydroxylation is 1. The average molecular weight is 284 g/mol. The molecule has 7 heteroatoms. The van der Waals surface area contributed by atoms with E-state index in [4.69, 9.17) is 5.11 Å². The van der Waals surface area contributed by atoms with E-state index < -0.39 is 16.2 Å². The van der Waals surface area contributed by atoms with E-state index in [9.17, 15) is 13.2 Å². The SMILES string of the molecule is Cc1cc(C(=O)O)ccc1CN1CCN(C)S1(=O)=O. The van der Waals surface area contributed by atoms with Gasteiger partial charge in [0, 0.05) is 26.7 Å². The molecule has 6 nitrogen and oxygen atoms in total. The first-order chi connectivity index (χ1) is 8.82. The lowest BCUT2D eigenvalue weighted by Gasteiger charge is -2.17. The minimum atomic E-state index is -3.36. The lowest BCUT2D eigenvalue weighted by atomic mass is 10.1. The average Bonchev–Trinajstić information content (AvgIpc) is 2.58. The van der Waals surface area contributed by atoms with Crippen molar-refractivity contribution in [3.63, 3.8) is 0 Å². The summed E-state index contributed by atoms with van der Waals surface area (Å²) >= 11 is 0. The molecule has 0 atom stereocenters. The number of carbonyl (C=O) groups is 1. The van der Waals surface area contributed by atoms with Gasteiger partial charge in [0.2, 0.25) is 0 Å². The molecule has 0 unspecified atom stereocenters. The second kappa shape index (κ2) is 4.92. The van der Waals surface area contributed by atoms with E-state index >= 15 is 0 Å². The van der Waals surface area contributed by atoms with Crippen molar-refractivity contribution in [2.24, 2.45) is 0 Å². The van der Waals surface area contributed by atoms with Crippen LogP contribution in [0.2, 0.25) is 0 Å². The Morgan fingerprint density at radius 1 is 1.37 bits per heavy atom. The zero-order chi connectivity index (χ0) is 14.2. The van der Waals surface area contributed by atoms with Crippen molar-refractivity contribution in [2.45, 2.75) is 13.5 Å². The summed E-state index contributed by atoms with van der Waals surface area (Å²) in [5, 5.41) is 8.89. The summed E-state index contributed by atoms with van der Waals surface area (Å²) in [6.45, 7) is 3.00. The smallest absolute Gasteiger partial charge is 0.335 e. The highest BCUT2D eigenvalue weighted by Crippen LogP contribution is 2.20. The fraction of sp³-hybridized carbons (Fsp3) is 0.417. The number of nitrogens with zero attached hydrogens (tertiary/aromatic N) is 2. The first-order valence-corrected chi connectivity index (χ1v) is 7.26. The fourth-order valence-corrected chi connectivity index (χ4v) is 3.36. The number of hydrogen-bond acceptors (Lipinski definition) is 3. The van der Waals surface area contributed by atoms with Crippen LogP contribution in [0.25, 0.3) is 0 Å². The largest absolute Gasteiger partial charge is 0.478 e. The van der Waals surface area contributed by atoms with E-state index in [1.807, 2.05) is 0 Å². The summed E-state index contributed by atoms with van der Waals surface area (Å²) in [4.78, 5) is 10.8. The van der Waals surface area contributed by atoms with Crippen LogP contribution >= 0.6 is 0 Å². The maximum absolute atomic E-state index is 11.9. The van der Waals surface area contributed by atoms with E-state index in [1.165, 1.54) is 14.7 Å². The van der Waals surface area contributed by atoms with E-state index in [0.717, 1.165) is 11.1 Å². The topological polar surface area (TPSA) is 77.9 Å². The third kappa shape index (κ3) is 2.63. The van der Waals surface area contributed by atoms with Crippen molar-refractivity contribution < 1.29 is 18.3 Å². The fourth-order valence-electron chi connectivity index (χ4n) is 2.04. The van der Waals surface area contributed by atoms with Crippen molar-refractivity contribution in [1.29, 1.82) is 0 Å². The molecule has 0 amide bonds. The molecular weight excluding hydrogens is 268 g/mol. The first-order valence-electron chi connectivity index (χ1n) is 5.86. The van der Waals surface area contributed by atoms with Crippen molar-refractivity contribution in [3.05, 3.63) is 34.9 Å². The summed E-state index contributed by atoms with van der Waals surface area (Å²) < 4.78 is 26.6. The Balaban J connectivity index is 2.23. The Hall–Kier alpha value is -1.44. The number of hydrogen-bond donors (Lipinski definition) is 1. The van der Waals surface area contributed by atoms with Crippen molar-refractivity contribution in [3.8, 4) is 0 Å². The molecule has 0 aromatic heterocycles. The van der Waals surface area contributed by atoms with E-state index in [1.54, 1.807) is 26.1 Å². The van der Waals surface area contributed by atoms with Crippen LogP contribution in [-0.2, 0) is 16.8 Å². The number of carboxylic acids is 1. The van der Waals surface area contributed by atoms with Gasteiger partial charge < -0.3 is 5.11 Å². The molecule has 1 saturated heterocycles. The third-order valence-corrected chi connectivity index (χ3v) is 5.26. The monoisotopic (exact) mass is 284 g/mol. The van der Waals surface area contributed by atoms with Crippen LogP contribution in [0, 0.1) is 6.92 Å². The molecule has 1 aliphatic rings. The van der Waals surface area contributed by atoms with Crippen LogP contribution in [-0.4, -0.2) is 48.2 Å². The molecule has 1 aromatic rings. The second-order valence-corrected chi connectivity index (χ2v) is 6.64. The van der Waals surface area contributed by atoms with Gasteiger partial charge in [-0.25, -0.2) is 4.79 Å². The molecule has 2 rings (SSSR count). The van der Waals surface area contributed by atoms with Gasteiger partial charge in [-0.1, -0.05) is 6.07 Å². The molecule has 1 aromatic carbocycles. The predicted octanol–water partition coefficient (Wildman–Crippen LogP) is 0.685. The number of benzene rings is 1. The molecule has 1 heterocycles. The molecule has 0 spiro atoms. The van der Waals surface area contributed by atoms with Crippen LogP contribution in [0.5, 0.6) is 0 Å². The van der Waals surface area contributed by atoms with Gasteiger partial charge in [-0.3, -0.25) is 0 Å². The normalized spacial score (nSPS) is 19.7. The lowest BCUT2D eigenvalue weighted by Crippen LogP contribution is -2.30. The highest BCUT2D eigenvalue weighted by molar-refractivity contribution is 7.86. The summed E-state index contributed by atoms with van der Waals surface area (Å²) in [5.41, 5.74) is 1.82. The Labute approximate surface area is 112 Å². The molecule has 0 saturated carbocycles. The minimum absolute atomic E-state index is 0.211. The summed E-state index contributed by atoms with van der Waals surface area (Å²) in [5.74, 6) is -0.983. The van der Waals surface area contributed by atoms with Gasteiger partial charge in [0.15, 0.2) is 0 Å². The molecule has 1 aliphatic heterocycles. The predicted molar refractivity (Wildman–Crippen MR) is 70.1 cm³/mol. The summed E-state index contributed by atoms with van der Waals surface area (Å²) in [7, 11) is -1.81. The van der Waals surface area contributed by atoms with Gasteiger partial charge in [-0.2, -0.15) is 17.0 Å². The van der Waals surface area contributed by atoms with E-state index in [0.29, 0.717) is 13.1 Å². The third-order valence-electron chi connectivity index (χ3n) is 3.32. The van der Waals surface area contributed by atoms with Gasteiger partial charge in [0.1, 0.15) is 0 Å². The minimum Gasteiger partial charge on any atom is -0.478 e. The molecule has 19 heavy (non-hydrogen) atoms. The van der Waals surface area contributed by atoms with Crippen LogP contribution in [0.15, 0.2) is 18.2 Å². The molecular formula is C12H16N2O4S. The Bertz CT molecular complexity index is 612. The molecule has 0 aliphatic carbocycles. The highest BCUT2D eigenvalue weighted by atomic mass is 32.2. The Morgan fingerprint density at radius 2 is 2.05 bits per heavy atom. The molecule has 1 N–H and O–H groups in total. The molecule has 104 valence electrons. The van der Waals surface area contributed by atoms with E-state index in [2.05, 4.69) is 0 Å². The Morgan fingerprint density at radius 3 is 2.53 bits per heavy atom. The zero-order valence-electron chi connectivity index (χ0n) is 10.8. The van der Waals surface area contributed by atoms with Crippen LogP contribution in [0.4, 0.5) is 0 Å². The van der Waals surface area contributed by atoms with Crippen molar-refractivity contribution >= 4 is 16.2 Å². The summed E-state index contributed by atoms with van der Waals surface area (Å²) in [6.07, 6.45) is 0. The van der Waals surface area contributed by atoms with Gasteiger partial charge in [0.05, 0.1) is 5.56 Å². The highest BCUT2D eigenvalue weighted by Gasteiger charge is 2.33. The van der Waals surface area contributed by atoms with Gasteiger partial charge in [0.25, 0.3) is 10.2 Å². The first kappa shape index (κ1) is 14.0. The molecule has 0 bridgehead atoms. The number of aromatic carboxylic acids is 1. The van der Waals surface area contributed by atoms with E-state index in [-0.39, 0.29) is 12.1 Å². The number of rotatable bonds is 3. The summed E-state index contributed by atoms with van der Waals surface area (Å²) in [6, 6.07) is 4.73. The van der Waals surface area contributed by atoms with Crippen LogP contribution in [0.3, 0.4) is 0 Å². The van der Waals surface area contributed by atoms with Gasteiger partial charge >= 0.3 is 5.97 Å². The zero-order valence-corrected chi connectivity index (χ0v) is 11.6. The van der Waals surface area contributed by atoms with Crippen LogP contribution < -0.4 is 0 Å². The second-order valence-electron chi connectivity index (χ2n) is 4.61. The standard InChI is InChI=1S/C12H16N2O4S/c1-9-7-10(12(15)16)3-4-11(9)8-14-6-5-13(2)19(14,17)18/h3-4,7H,5-6,8H2,1-2H3,(H,15,16). The maximum atomic E-state index is 11.9. The maximum Gasteiger partial charge on any atom is 0.335 e. The van der Waals surface area contributed by atoms with Crippen molar-refractivity contribution in [2.75, 3.05) is 20.1 Å². The lowest BCUT2D eigenvalue weighted by molar-refractivity contribution is 0.0696. The van der Waals surface area contributed by atoms with Crippen molar-refractivity contribution in [1.82, 2.24) is 8.61 Å². The molecule has 1 fully saturated rings. The Kier molecular flexibility index (Phi) is 3.62.